The van der Waals surface area contributed by atoms with Crippen molar-refractivity contribution in [1.82, 2.24) is 70.5 Å². The van der Waals surface area contributed by atoms with E-state index >= 15 is 0 Å². The molecule has 1 fully saturated rings. The first-order valence-electron chi connectivity index (χ1n) is 32.1. The molecule has 2 unspecified atom stereocenters. The molecule has 0 bridgehead atoms. The Bertz CT molecular complexity index is 5270. The standard InChI is InChI=1S/C67H65N15O9S6/c1-16-34-46(56(90-79-34)44-26(8)78-91-57(44)63-73-35(17-2)55(87-63)62-70-27(9)54(86-62)52-67(85-41(20-5)75-52)82-25-39(84-43(82)22-7)38-23-68-31(13)83-38)49-45(29(11)88-80-49)50-47(37(19-4)89-81-50)64-71-28(10)58(96-64)65-74-36(18-3)59(97-65)66-77-48(30(12)92-66)51-61(94-33(15)72-51)53-60(95-42(21-6)76-53)40-24-69-32(14)93-40/h23-24,39,43H,16-22,25H2,1-15H3. The third-order valence-electron chi connectivity index (χ3n) is 16.8. The molecule has 0 aromatic carbocycles. The molecule has 15 heterocycles. The van der Waals surface area contributed by atoms with E-state index in [-0.39, 0.29) is 29.9 Å². The van der Waals surface area contributed by atoms with Crippen molar-refractivity contribution in [2.45, 2.75) is 161 Å². The van der Waals surface area contributed by atoms with Gasteiger partial charge in [-0.15, -0.1) is 68.0 Å². The molecule has 1 aliphatic heterocycles. The maximum atomic E-state index is 6.68. The predicted octanol–water partition coefficient (Wildman–Crippen LogP) is 18.5. The van der Waals surface area contributed by atoms with Crippen LogP contribution < -0.4 is 4.90 Å². The number of aromatic nitrogens is 14. The zero-order valence-corrected chi connectivity index (χ0v) is 60.7. The van der Waals surface area contributed by atoms with Gasteiger partial charge in [-0.05, 0) is 80.6 Å². The van der Waals surface area contributed by atoms with Crippen molar-refractivity contribution >= 4 is 73.9 Å². The lowest BCUT2D eigenvalue weighted by Gasteiger charge is -2.21. The highest BCUT2D eigenvalue weighted by molar-refractivity contribution is 7.27. The second kappa shape index (κ2) is 25.6. The summed E-state index contributed by atoms with van der Waals surface area (Å²) in [6.45, 7) is 30.3. The van der Waals surface area contributed by atoms with Crippen LogP contribution in [0.1, 0.15) is 144 Å². The molecule has 30 heteroatoms. The topological polar surface area (TPSA) is 298 Å². The van der Waals surface area contributed by atoms with Crippen molar-refractivity contribution in [3.8, 4) is 131 Å². The number of thiazole rings is 6. The fourth-order valence-electron chi connectivity index (χ4n) is 12.1. The Kier molecular flexibility index (Phi) is 16.9. The van der Waals surface area contributed by atoms with Gasteiger partial charge in [-0.3, -0.25) is 0 Å². The highest BCUT2D eigenvalue weighted by Gasteiger charge is 2.41. The number of aryl methyl sites for hydroxylation is 14. The number of oxazole rings is 4. The van der Waals surface area contributed by atoms with Gasteiger partial charge in [0.05, 0.1) is 109 Å². The smallest absolute Gasteiger partial charge is 0.267 e. The molecule has 0 spiro atoms. The SMILES string of the molecule is CCc1nc(-c2oc(-c3oc(-c4onc(C)c4-c4onc(CC)c4-c4noc(C)c4-c4noc(CC)c4-c4nc(C)c(-c5nc(CC)c(-c6nc(-c7nc(C)sc7-c7nc(CC)sc7-c7cnc(C)s7)c(C)s6)s5)s4)nc3CC)nc2C)c(N2CC(c3cnc(C)o3)OC2CC)o1. The minimum absolute atomic E-state index is 0.112. The van der Waals surface area contributed by atoms with Crippen LogP contribution in [0, 0.1) is 55.4 Å². The van der Waals surface area contributed by atoms with Crippen molar-refractivity contribution < 1.29 is 40.5 Å². The summed E-state index contributed by atoms with van der Waals surface area (Å²) in [5.74, 6) is 4.85. The Morgan fingerprint density at radius 2 is 1.21 bits per heavy atom. The average molecular weight is 1420 g/mol. The van der Waals surface area contributed by atoms with Gasteiger partial charge in [0, 0.05) is 30.8 Å². The summed E-state index contributed by atoms with van der Waals surface area (Å²) >= 11 is 9.87. The van der Waals surface area contributed by atoms with Crippen molar-refractivity contribution in [2.75, 3.05) is 11.4 Å². The third kappa shape index (κ3) is 11.1. The molecule has 14 aromatic heterocycles. The second-order valence-corrected chi connectivity index (χ2v) is 29.9. The van der Waals surface area contributed by atoms with Gasteiger partial charge < -0.3 is 45.4 Å². The molecule has 24 nitrogen and oxygen atoms in total. The van der Waals surface area contributed by atoms with Crippen LogP contribution in [0.2, 0.25) is 0 Å². The molecule has 0 aliphatic carbocycles. The highest BCUT2D eigenvalue weighted by atomic mass is 32.1. The summed E-state index contributed by atoms with van der Waals surface area (Å²) in [6.07, 6.45) is 7.12. The van der Waals surface area contributed by atoms with Crippen LogP contribution in [0.15, 0.2) is 48.2 Å². The lowest BCUT2D eigenvalue weighted by atomic mass is 9.95. The van der Waals surface area contributed by atoms with Crippen molar-refractivity contribution in [3.05, 3.63) is 95.5 Å². The molecular formula is C67H65N15O9S6. The van der Waals surface area contributed by atoms with Gasteiger partial charge in [-0.2, -0.15) is 0 Å². The molecule has 0 amide bonds. The van der Waals surface area contributed by atoms with E-state index in [1.54, 1.807) is 62.9 Å². The first kappa shape index (κ1) is 64.2. The summed E-state index contributed by atoms with van der Waals surface area (Å²) in [7, 11) is 0. The number of ether oxygens (including phenoxy) is 1. The first-order chi connectivity index (χ1) is 47.0. The molecule has 15 rings (SSSR count). The second-order valence-electron chi connectivity index (χ2n) is 23.2. The van der Waals surface area contributed by atoms with Crippen molar-refractivity contribution in [3.63, 3.8) is 0 Å². The van der Waals surface area contributed by atoms with Gasteiger partial charge in [0.1, 0.15) is 67.3 Å². The van der Waals surface area contributed by atoms with E-state index in [4.69, 9.17) is 90.7 Å². The average Bonchev–Trinajstić information content (AvgIpc) is 1.60. The lowest BCUT2D eigenvalue weighted by molar-refractivity contribution is 0.0333. The number of hydrogen-bond acceptors (Lipinski definition) is 30. The Morgan fingerprint density at radius 1 is 0.454 bits per heavy atom. The van der Waals surface area contributed by atoms with Crippen LogP contribution in [0.4, 0.5) is 5.88 Å². The monoisotopic (exact) mass is 1420 g/mol. The van der Waals surface area contributed by atoms with E-state index in [0.29, 0.717) is 164 Å². The molecule has 0 saturated carbocycles. The van der Waals surface area contributed by atoms with Crippen LogP contribution >= 0.6 is 68.0 Å². The minimum Gasteiger partial charge on any atom is -0.443 e. The van der Waals surface area contributed by atoms with E-state index in [1.165, 1.54) is 11.3 Å². The zero-order valence-electron chi connectivity index (χ0n) is 55.8. The van der Waals surface area contributed by atoms with Crippen LogP contribution in [-0.4, -0.2) is 83.2 Å². The molecular weight excluding hydrogens is 1350 g/mol. The van der Waals surface area contributed by atoms with Gasteiger partial charge >= 0.3 is 0 Å². The Balaban J connectivity index is 0.752. The summed E-state index contributed by atoms with van der Waals surface area (Å²) in [5, 5.41) is 24.1. The van der Waals surface area contributed by atoms with Crippen LogP contribution in [0.5, 0.6) is 0 Å². The number of hydrogen-bond donors (Lipinski definition) is 0. The first-order valence-corrected chi connectivity index (χ1v) is 37.0. The lowest BCUT2D eigenvalue weighted by Crippen LogP contribution is -2.29. The van der Waals surface area contributed by atoms with E-state index in [2.05, 4.69) is 48.0 Å². The maximum absolute atomic E-state index is 6.68. The van der Waals surface area contributed by atoms with Gasteiger partial charge in [0.2, 0.25) is 17.4 Å². The van der Waals surface area contributed by atoms with Crippen LogP contribution in [0.25, 0.3) is 131 Å². The predicted molar refractivity (Wildman–Crippen MR) is 372 cm³/mol. The number of nitrogens with zero attached hydrogens (tertiary/aromatic N) is 15. The van der Waals surface area contributed by atoms with E-state index < -0.39 is 0 Å². The van der Waals surface area contributed by atoms with E-state index in [1.807, 2.05) is 87.3 Å². The molecule has 14 aromatic rings. The van der Waals surface area contributed by atoms with Gasteiger partial charge in [0.15, 0.2) is 34.8 Å². The van der Waals surface area contributed by atoms with Crippen molar-refractivity contribution in [2.24, 2.45) is 0 Å². The summed E-state index contributed by atoms with van der Waals surface area (Å²) in [5.41, 5.74) is 10.3. The quantitative estimate of drug-likeness (QED) is 0.0645. The zero-order chi connectivity index (χ0) is 67.4. The Hall–Kier alpha value is -8.78. The highest BCUT2D eigenvalue weighted by Crippen LogP contribution is 2.53. The van der Waals surface area contributed by atoms with Crippen molar-refractivity contribution in [1.29, 1.82) is 0 Å². The van der Waals surface area contributed by atoms with Gasteiger partial charge in [-0.1, -0.05) is 69.1 Å². The van der Waals surface area contributed by atoms with Gasteiger partial charge in [-0.25, -0.2) is 49.8 Å². The molecule has 498 valence electrons. The molecule has 0 N–H and O–H groups in total. The normalized spacial score (nSPS) is 14.3. The molecule has 2 atom stereocenters. The molecule has 1 aliphatic rings. The molecule has 97 heavy (non-hydrogen) atoms. The van der Waals surface area contributed by atoms with Crippen LogP contribution in [-0.2, 0) is 43.3 Å². The van der Waals surface area contributed by atoms with Gasteiger partial charge in [0.25, 0.3) is 11.8 Å². The summed E-state index contributed by atoms with van der Waals surface area (Å²) in [6, 6.07) is 0. The Morgan fingerprint density at radius 3 is 1.94 bits per heavy atom. The van der Waals surface area contributed by atoms with E-state index in [9.17, 15) is 0 Å². The molecule has 1 saturated heterocycles. The number of rotatable bonds is 21. The fourth-order valence-corrected chi connectivity index (χ4v) is 18.4. The maximum Gasteiger partial charge on any atom is 0.267 e. The number of anilines is 1. The minimum atomic E-state index is -0.372. The summed E-state index contributed by atoms with van der Waals surface area (Å²) in [4.78, 5) is 58.3. The van der Waals surface area contributed by atoms with Crippen LogP contribution in [0.3, 0.4) is 0 Å². The van der Waals surface area contributed by atoms with E-state index in [0.717, 1.165) is 89.2 Å². The fraction of sp³-hybridized carbons (Fsp3) is 0.373. The Labute approximate surface area is 579 Å². The third-order valence-corrected chi connectivity index (χ3v) is 23.6. The summed E-state index contributed by atoms with van der Waals surface area (Å²) < 4.78 is 57.1. The molecule has 0 radical (unpaired) electrons. The largest absolute Gasteiger partial charge is 0.443 e.